The summed E-state index contributed by atoms with van der Waals surface area (Å²) in [7, 11) is 1.67. The number of imidazole rings is 1. The molecule has 0 saturated carbocycles. The van der Waals surface area contributed by atoms with Crippen LogP contribution in [0.1, 0.15) is 20.3 Å². The van der Waals surface area contributed by atoms with Crippen molar-refractivity contribution in [3.05, 3.63) is 50.1 Å². The lowest BCUT2D eigenvalue weighted by Gasteiger charge is -2.33. The molecule has 0 unspecified atom stereocenters. The van der Waals surface area contributed by atoms with Gasteiger partial charge in [-0.25, -0.2) is 4.79 Å². The zero-order valence-corrected chi connectivity index (χ0v) is 16.4. The van der Waals surface area contributed by atoms with Crippen molar-refractivity contribution in [2.45, 2.75) is 33.4 Å². The van der Waals surface area contributed by atoms with Crippen molar-refractivity contribution in [3.63, 3.8) is 0 Å². The average molecular weight is 388 g/mol. The molecule has 1 aliphatic rings. The fourth-order valence-electron chi connectivity index (χ4n) is 3.76. The number of nitrogens with zero attached hydrogens (tertiary/aromatic N) is 5. The number of fused-ring (bicyclic) bond motifs is 3. The van der Waals surface area contributed by atoms with Crippen LogP contribution < -0.4 is 16.1 Å². The maximum Gasteiger partial charge on any atom is 0.332 e. The minimum Gasteiger partial charge on any atom is -0.312 e. The molecule has 27 heavy (non-hydrogen) atoms. The summed E-state index contributed by atoms with van der Waals surface area (Å²) in [4.78, 5) is 32.5. The van der Waals surface area contributed by atoms with Gasteiger partial charge >= 0.3 is 5.69 Å². The number of hydrogen-bond acceptors (Lipinski definition) is 4. The number of halogens is 1. The summed E-state index contributed by atoms with van der Waals surface area (Å²) in [6.45, 7) is 5.96. The lowest BCUT2D eigenvalue weighted by atomic mass is 10.1. The molecule has 0 aliphatic carbocycles. The van der Waals surface area contributed by atoms with Crippen LogP contribution >= 0.6 is 11.6 Å². The van der Waals surface area contributed by atoms with E-state index >= 15 is 0 Å². The second-order valence-corrected chi connectivity index (χ2v) is 7.62. The fraction of sp³-hybridized carbons (Fsp3) is 0.421. The Morgan fingerprint density at radius 2 is 1.89 bits per heavy atom. The van der Waals surface area contributed by atoms with E-state index in [2.05, 4.69) is 11.8 Å². The van der Waals surface area contributed by atoms with Crippen molar-refractivity contribution >= 4 is 34.4 Å². The maximum atomic E-state index is 13.1. The molecule has 0 spiro atoms. The molecule has 7 nitrogen and oxygen atoms in total. The van der Waals surface area contributed by atoms with E-state index in [1.54, 1.807) is 7.05 Å². The minimum absolute atomic E-state index is 0.265. The normalized spacial score (nSPS) is 16.7. The zero-order valence-electron chi connectivity index (χ0n) is 15.6. The quantitative estimate of drug-likeness (QED) is 0.693. The lowest BCUT2D eigenvalue weighted by Crippen LogP contribution is -2.40. The predicted octanol–water partition coefficient (Wildman–Crippen LogP) is 2.75. The van der Waals surface area contributed by atoms with Crippen LogP contribution in [-0.4, -0.2) is 25.2 Å². The van der Waals surface area contributed by atoms with Crippen LogP contribution in [0.15, 0.2) is 33.9 Å². The van der Waals surface area contributed by atoms with E-state index in [-0.39, 0.29) is 11.2 Å². The second kappa shape index (κ2) is 6.56. The lowest BCUT2D eigenvalue weighted by molar-refractivity contribution is 0.457. The third kappa shape index (κ3) is 2.77. The summed E-state index contributed by atoms with van der Waals surface area (Å²) in [5.41, 5.74) is 1.29. The fourth-order valence-corrected chi connectivity index (χ4v) is 3.89. The number of benzene rings is 1. The van der Waals surface area contributed by atoms with E-state index in [0.29, 0.717) is 41.1 Å². The summed E-state index contributed by atoms with van der Waals surface area (Å²) in [5.74, 6) is 1.01. The number of rotatable bonds is 3. The highest BCUT2D eigenvalue weighted by Crippen LogP contribution is 2.33. The third-order valence-corrected chi connectivity index (χ3v) is 5.28. The Kier molecular flexibility index (Phi) is 4.34. The summed E-state index contributed by atoms with van der Waals surface area (Å²) < 4.78 is 4.73. The van der Waals surface area contributed by atoms with Crippen LogP contribution in [0.5, 0.6) is 0 Å². The third-order valence-electron chi connectivity index (χ3n) is 5.03. The second-order valence-electron chi connectivity index (χ2n) is 7.19. The van der Waals surface area contributed by atoms with Crippen LogP contribution in [0.3, 0.4) is 0 Å². The van der Waals surface area contributed by atoms with Gasteiger partial charge in [0.1, 0.15) is 0 Å². The molecule has 1 atom stereocenters. The maximum absolute atomic E-state index is 13.1. The molecule has 1 aromatic carbocycles. The van der Waals surface area contributed by atoms with Gasteiger partial charge in [-0.2, -0.15) is 4.98 Å². The van der Waals surface area contributed by atoms with Crippen LogP contribution in [0, 0.1) is 5.92 Å². The SMILES string of the molecule is CCCn1c(=O)c2c(nc3n2C[C@@H](C)CN3c2ccc(Cl)cc2)n(C)c1=O. The molecule has 0 fully saturated rings. The Balaban J connectivity index is 2.00. The van der Waals surface area contributed by atoms with Gasteiger partial charge in [-0.05, 0) is 36.6 Å². The molecule has 4 rings (SSSR count). The van der Waals surface area contributed by atoms with Gasteiger partial charge in [0.2, 0.25) is 5.95 Å². The monoisotopic (exact) mass is 387 g/mol. The van der Waals surface area contributed by atoms with Crippen molar-refractivity contribution in [1.29, 1.82) is 0 Å². The average Bonchev–Trinajstić information content (AvgIpc) is 3.03. The van der Waals surface area contributed by atoms with Gasteiger partial charge < -0.3 is 9.47 Å². The standard InChI is InChI=1S/C19H22ClN5O2/c1-4-9-23-17(26)15-16(22(3)19(23)27)21-18-24(10-12(2)11-25(15)18)14-7-5-13(20)6-8-14/h5-8,12H,4,9-11H2,1-3H3/t12-/m0/s1. The molecule has 0 radical (unpaired) electrons. The van der Waals surface area contributed by atoms with Gasteiger partial charge in [0, 0.05) is 37.4 Å². The molecule has 142 valence electrons. The Bertz CT molecular complexity index is 1130. The molecule has 0 bridgehead atoms. The van der Waals surface area contributed by atoms with E-state index in [9.17, 15) is 9.59 Å². The highest BCUT2D eigenvalue weighted by atomic mass is 35.5. The topological polar surface area (TPSA) is 65.1 Å². The van der Waals surface area contributed by atoms with Crippen molar-refractivity contribution in [3.8, 4) is 0 Å². The van der Waals surface area contributed by atoms with Crippen molar-refractivity contribution in [1.82, 2.24) is 18.7 Å². The smallest absolute Gasteiger partial charge is 0.312 e. The van der Waals surface area contributed by atoms with E-state index < -0.39 is 0 Å². The molecule has 0 amide bonds. The van der Waals surface area contributed by atoms with E-state index in [0.717, 1.165) is 18.7 Å². The van der Waals surface area contributed by atoms with Crippen LogP contribution in [0.4, 0.5) is 11.6 Å². The summed E-state index contributed by atoms with van der Waals surface area (Å²) >= 11 is 6.03. The Morgan fingerprint density at radius 3 is 2.56 bits per heavy atom. The van der Waals surface area contributed by atoms with Gasteiger partial charge in [-0.1, -0.05) is 25.4 Å². The van der Waals surface area contributed by atoms with Gasteiger partial charge in [0.25, 0.3) is 5.56 Å². The summed E-state index contributed by atoms with van der Waals surface area (Å²) in [6.07, 6.45) is 0.717. The highest BCUT2D eigenvalue weighted by Gasteiger charge is 2.29. The van der Waals surface area contributed by atoms with Crippen molar-refractivity contribution in [2.24, 2.45) is 13.0 Å². The first-order valence-corrected chi connectivity index (χ1v) is 9.53. The van der Waals surface area contributed by atoms with E-state index in [1.807, 2.05) is 35.8 Å². The molecule has 0 saturated heterocycles. The Hall–Kier alpha value is -2.54. The summed E-state index contributed by atoms with van der Waals surface area (Å²) in [5, 5.41) is 0.669. The summed E-state index contributed by atoms with van der Waals surface area (Å²) in [6, 6.07) is 7.57. The first kappa shape index (κ1) is 17.9. The highest BCUT2D eigenvalue weighted by molar-refractivity contribution is 6.30. The number of aromatic nitrogens is 4. The Morgan fingerprint density at radius 1 is 1.19 bits per heavy atom. The minimum atomic E-state index is -0.323. The van der Waals surface area contributed by atoms with Gasteiger partial charge in [0.05, 0.1) is 0 Å². The number of aryl methyl sites for hydroxylation is 1. The Labute approximate surface area is 161 Å². The zero-order chi connectivity index (χ0) is 19.3. The van der Waals surface area contributed by atoms with Gasteiger partial charge in [-0.15, -0.1) is 0 Å². The molecule has 2 aromatic heterocycles. The molecule has 8 heteroatoms. The molecule has 3 aromatic rings. The van der Waals surface area contributed by atoms with E-state index in [1.165, 1.54) is 9.13 Å². The molecular weight excluding hydrogens is 366 g/mol. The van der Waals surface area contributed by atoms with Crippen molar-refractivity contribution in [2.75, 3.05) is 11.4 Å². The van der Waals surface area contributed by atoms with E-state index in [4.69, 9.17) is 16.6 Å². The molecule has 3 heterocycles. The largest absolute Gasteiger partial charge is 0.332 e. The van der Waals surface area contributed by atoms with Crippen LogP contribution in [0.25, 0.3) is 11.2 Å². The van der Waals surface area contributed by atoms with Crippen LogP contribution in [-0.2, 0) is 20.1 Å². The molecular formula is C19H22ClN5O2. The van der Waals surface area contributed by atoms with Crippen molar-refractivity contribution < 1.29 is 0 Å². The predicted molar refractivity (Wildman–Crippen MR) is 107 cm³/mol. The first-order chi connectivity index (χ1) is 12.9. The molecule has 0 N–H and O–H groups in total. The van der Waals surface area contributed by atoms with Crippen LogP contribution in [0.2, 0.25) is 5.02 Å². The number of anilines is 2. The first-order valence-electron chi connectivity index (χ1n) is 9.15. The number of hydrogen-bond donors (Lipinski definition) is 0. The van der Waals surface area contributed by atoms with Gasteiger partial charge in [0.15, 0.2) is 11.2 Å². The molecule has 1 aliphatic heterocycles. The van der Waals surface area contributed by atoms with Gasteiger partial charge in [-0.3, -0.25) is 13.9 Å².